The fourth-order valence-electron chi connectivity index (χ4n) is 4.97. The van der Waals surface area contributed by atoms with Crippen molar-refractivity contribution in [3.05, 3.63) is 89.7 Å². The molecule has 0 aliphatic carbocycles. The number of nitrogens with zero attached hydrogens (tertiary/aromatic N) is 3. The number of fused-ring (bicyclic) bond motifs is 5. The monoisotopic (exact) mass is 528 g/mol. The molecular formula is C30H32N4O5. The Kier molecular flexibility index (Phi) is 8.17. The van der Waals surface area contributed by atoms with E-state index in [1.165, 1.54) is 4.90 Å². The number of piperidine rings is 1. The van der Waals surface area contributed by atoms with Crippen LogP contribution in [0, 0.1) is 0 Å². The molecule has 202 valence electrons. The molecule has 1 fully saturated rings. The molecule has 4 bridgehead atoms. The molecule has 9 nitrogen and oxygen atoms in total. The maximum absolute atomic E-state index is 13.2. The van der Waals surface area contributed by atoms with Crippen LogP contribution in [0.1, 0.15) is 34.8 Å². The van der Waals surface area contributed by atoms with Crippen LogP contribution in [0.15, 0.2) is 73.1 Å². The Bertz CT molecular complexity index is 1330. The van der Waals surface area contributed by atoms with Gasteiger partial charge < -0.3 is 24.6 Å². The van der Waals surface area contributed by atoms with Crippen LogP contribution in [0.25, 0.3) is 0 Å². The van der Waals surface area contributed by atoms with Crippen LogP contribution in [0.3, 0.4) is 0 Å². The van der Waals surface area contributed by atoms with Crippen LogP contribution in [0.4, 0.5) is 0 Å². The van der Waals surface area contributed by atoms with Gasteiger partial charge in [-0.1, -0.05) is 24.3 Å². The number of carbonyl (C=O) groups is 3. The summed E-state index contributed by atoms with van der Waals surface area (Å²) >= 11 is 0. The van der Waals surface area contributed by atoms with Gasteiger partial charge >= 0.3 is 0 Å². The highest BCUT2D eigenvalue weighted by Crippen LogP contribution is 2.25. The largest absolute Gasteiger partial charge is 0.457 e. The third-order valence-corrected chi connectivity index (χ3v) is 7.01. The molecule has 9 heteroatoms. The van der Waals surface area contributed by atoms with E-state index in [9.17, 15) is 14.4 Å². The van der Waals surface area contributed by atoms with Gasteiger partial charge in [0, 0.05) is 32.0 Å². The van der Waals surface area contributed by atoms with E-state index in [1.54, 1.807) is 29.4 Å². The second kappa shape index (κ2) is 12.1. The molecule has 0 unspecified atom stereocenters. The van der Waals surface area contributed by atoms with E-state index < -0.39 is 6.04 Å². The van der Waals surface area contributed by atoms with E-state index in [-0.39, 0.29) is 36.8 Å². The maximum Gasteiger partial charge on any atom is 0.255 e. The van der Waals surface area contributed by atoms with E-state index in [1.807, 2.05) is 55.5 Å². The lowest BCUT2D eigenvalue weighted by Gasteiger charge is -2.39. The second-order valence-corrected chi connectivity index (χ2v) is 9.79. The predicted molar refractivity (Wildman–Crippen MR) is 144 cm³/mol. The van der Waals surface area contributed by atoms with E-state index in [4.69, 9.17) is 9.47 Å². The number of carbonyl (C=O) groups excluding carboxylic acids is 3. The van der Waals surface area contributed by atoms with Gasteiger partial charge in [-0.05, 0) is 60.9 Å². The van der Waals surface area contributed by atoms with E-state index in [2.05, 4.69) is 10.3 Å². The topological polar surface area (TPSA) is 101 Å². The van der Waals surface area contributed by atoms with E-state index in [0.29, 0.717) is 49.7 Å². The highest BCUT2D eigenvalue weighted by Gasteiger charge is 2.34. The van der Waals surface area contributed by atoms with Crippen LogP contribution < -0.4 is 10.1 Å². The van der Waals surface area contributed by atoms with Crippen molar-refractivity contribution >= 4 is 17.7 Å². The third kappa shape index (κ3) is 6.61. The number of ether oxygens (including phenoxy) is 2. The molecule has 2 aliphatic heterocycles. The smallest absolute Gasteiger partial charge is 0.255 e. The van der Waals surface area contributed by atoms with Gasteiger partial charge in [0.05, 0.1) is 37.3 Å². The Hall–Kier alpha value is -4.24. The molecule has 0 radical (unpaired) electrons. The van der Waals surface area contributed by atoms with Crippen molar-refractivity contribution in [1.82, 2.24) is 20.1 Å². The van der Waals surface area contributed by atoms with E-state index in [0.717, 1.165) is 11.1 Å². The number of nitrogens with one attached hydrogen (secondary N) is 1. The SMILES string of the molecule is CCN1CC(=O)N[C@H]2CN(C(=O)c3cccnc3)CC[C@@H]2OCc2cccc(c2)Oc2cccc(c2)CC1=O. The number of hydrogen-bond acceptors (Lipinski definition) is 6. The summed E-state index contributed by atoms with van der Waals surface area (Å²) in [6.07, 6.45) is 3.56. The fourth-order valence-corrected chi connectivity index (χ4v) is 4.97. The van der Waals surface area contributed by atoms with Gasteiger partial charge in [-0.25, -0.2) is 0 Å². The van der Waals surface area contributed by atoms with E-state index >= 15 is 0 Å². The van der Waals surface area contributed by atoms with Crippen molar-refractivity contribution in [3.63, 3.8) is 0 Å². The van der Waals surface area contributed by atoms with Crippen molar-refractivity contribution in [1.29, 1.82) is 0 Å². The number of benzene rings is 2. The van der Waals surface area contributed by atoms with Crippen molar-refractivity contribution in [2.75, 3.05) is 26.2 Å². The molecule has 2 aromatic carbocycles. The zero-order valence-corrected chi connectivity index (χ0v) is 21.9. The standard InChI is InChI=1S/C30H32N4O5/c1-2-33-19-28(35)32-26-18-34(30(37)23-8-5-12-31-17-23)13-11-27(26)38-20-22-7-4-10-25(15-22)39-24-9-3-6-21(14-24)16-29(33)36/h3-10,12,14-15,17,26-27H,2,11,13,16,18-20H2,1H3,(H,32,35)/t26-,27-/m0/s1. The molecule has 2 atom stereocenters. The van der Waals surface area contributed by atoms with Gasteiger partial charge in [-0.15, -0.1) is 0 Å². The summed E-state index contributed by atoms with van der Waals surface area (Å²) in [7, 11) is 0. The lowest BCUT2D eigenvalue weighted by Crippen LogP contribution is -2.58. The van der Waals surface area contributed by atoms with Gasteiger partial charge in [0.1, 0.15) is 11.5 Å². The zero-order chi connectivity index (χ0) is 27.2. The molecule has 3 heterocycles. The molecule has 5 rings (SSSR count). The molecule has 0 spiro atoms. The van der Waals surface area contributed by atoms with Crippen LogP contribution in [0.2, 0.25) is 0 Å². The zero-order valence-electron chi connectivity index (χ0n) is 21.9. The van der Waals surface area contributed by atoms with Crippen molar-refractivity contribution in [2.45, 2.75) is 38.5 Å². The van der Waals surface area contributed by atoms with Crippen LogP contribution in [-0.2, 0) is 27.4 Å². The maximum atomic E-state index is 13.2. The summed E-state index contributed by atoms with van der Waals surface area (Å²) in [5, 5.41) is 3.05. The van der Waals surface area contributed by atoms with Crippen LogP contribution >= 0.6 is 0 Å². The van der Waals surface area contributed by atoms with Crippen LogP contribution in [-0.4, -0.2) is 70.8 Å². The Balaban J connectivity index is 1.40. The normalized spacial score (nSPS) is 20.3. The number of pyridine rings is 1. The van der Waals surface area contributed by atoms with Gasteiger partial charge in [0.15, 0.2) is 0 Å². The number of hydrogen-bond donors (Lipinski definition) is 1. The number of likely N-dealkylation sites (tertiary alicyclic amines) is 1. The average molecular weight is 529 g/mol. The first kappa shape index (κ1) is 26.4. The van der Waals surface area contributed by atoms with Gasteiger partial charge in [0.2, 0.25) is 11.8 Å². The predicted octanol–water partition coefficient (Wildman–Crippen LogP) is 3.19. The molecule has 1 saturated heterocycles. The van der Waals surface area contributed by atoms with Crippen molar-refractivity contribution in [2.24, 2.45) is 0 Å². The molecule has 0 saturated carbocycles. The fraction of sp³-hybridized carbons (Fsp3) is 0.333. The minimum atomic E-state index is -0.439. The second-order valence-electron chi connectivity index (χ2n) is 9.79. The molecule has 1 aromatic heterocycles. The summed E-state index contributed by atoms with van der Waals surface area (Å²) in [5.41, 5.74) is 2.23. The van der Waals surface area contributed by atoms with Crippen molar-refractivity contribution < 1.29 is 23.9 Å². The van der Waals surface area contributed by atoms with Gasteiger partial charge in [0.25, 0.3) is 5.91 Å². The highest BCUT2D eigenvalue weighted by molar-refractivity contribution is 5.94. The molecular weight excluding hydrogens is 496 g/mol. The quantitative estimate of drug-likeness (QED) is 0.548. The summed E-state index contributed by atoms with van der Waals surface area (Å²) < 4.78 is 12.4. The van der Waals surface area contributed by atoms with Gasteiger partial charge in [-0.2, -0.15) is 0 Å². The molecule has 2 aliphatic rings. The molecule has 3 aromatic rings. The Labute approximate surface area is 227 Å². The molecule has 3 amide bonds. The molecule has 1 N–H and O–H groups in total. The number of amides is 3. The Morgan fingerprint density at radius 1 is 1.05 bits per heavy atom. The first-order chi connectivity index (χ1) is 19.0. The Morgan fingerprint density at radius 2 is 1.82 bits per heavy atom. The summed E-state index contributed by atoms with van der Waals surface area (Å²) in [6.45, 7) is 3.27. The lowest BCUT2D eigenvalue weighted by molar-refractivity contribution is -0.136. The third-order valence-electron chi connectivity index (χ3n) is 7.01. The summed E-state index contributed by atoms with van der Waals surface area (Å²) in [4.78, 5) is 46.7. The average Bonchev–Trinajstić information content (AvgIpc) is 2.95. The number of aromatic nitrogens is 1. The van der Waals surface area contributed by atoms with Crippen LogP contribution in [0.5, 0.6) is 11.5 Å². The number of likely N-dealkylation sites (N-methyl/N-ethyl adjacent to an activating group) is 1. The number of rotatable bonds is 2. The minimum Gasteiger partial charge on any atom is -0.457 e. The van der Waals surface area contributed by atoms with Crippen molar-refractivity contribution in [3.8, 4) is 11.5 Å². The first-order valence-electron chi connectivity index (χ1n) is 13.2. The lowest BCUT2D eigenvalue weighted by atomic mass is 10.0. The van der Waals surface area contributed by atoms with Gasteiger partial charge in [-0.3, -0.25) is 19.4 Å². The minimum absolute atomic E-state index is 0.0773. The Morgan fingerprint density at radius 3 is 2.56 bits per heavy atom. The molecule has 39 heavy (non-hydrogen) atoms. The summed E-state index contributed by atoms with van der Waals surface area (Å²) in [6, 6.07) is 18.1. The highest BCUT2D eigenvalue weighted by atomic mass is 16.5. The summed E-state index contributed by atoms with van der Waals surface area (Å²) in [5.74, 6) is 0.718. The first-order valence-corrected chi connectivity index (χ1v) is 13.2.